The Morgan fingerprint density at radius 1 is 1.42 bits per heavy atom. The molecule has 0 fully saturated rings. The number of aromatic nitrogens is 2. The number of nitrogens with zero attached hydrogens (tertiary/aromatic N) is 3. The Kier molecular flexibility index (Phi) is 3.62. The molecule has 0 radical (unpaired) electrons. The lowest BCUT2D eigenvalue weighted by Crippen LogP contribution is -2.26. The van der Waals surface area contributed by atoms with Crippen LogP contribution in [0.4, 0.5) is 0 Å². The van der Waals surface area contributed by atoms with Crippen LogP contribution in [0.1, 0.15) is 27.2 Å². The van der Waals surface area contributed by atoms with Crippen LogP contribution in [0.5, 0.6) is 0 Å². The van der Waals surface area contributed by atoms with E-state index in [9.17, 15) is 4.79 Å². The zero-order valence-corrected chi connectivity index (χ0v) is 10.8. The van der Waals surface area contributed by atoms with Crippen LogP contribution in [0, 0.1) is 18.3 Å². The van der Waals surface area contributed by atoms with Gasteiger partial charge in [0.1, 0.15) is 0 Å². The Morgan fingerprint density at radius 3 is 2.63 bits per heavy atom. The van der Waals surface area contributed by atoms with Gasteiger partial charge in [-0.2, -0.15) is 10.4 Å². The molecule has 0 unspecified atom stereocenters. The second-order valence-electron chi connectivity index (χ2n) is 4.38. The van der Waals surface area contributed by atoms with Gasteiger partial charge in [-0.1, -0.05) is 12.1 Å². The fraction of sp³-hybridized carbons (Fsp3) is 0.214. The molecule has 2 rings (SSSR count). The fourth-order valence-electron chi connectivity index (χ4n) is 1.80. The summed E-state index contributed by atoms with van der Waals surface area (Å²) in [5, 5.41) is 15.3. The highest BCUT2D eigenvalue weighted by Crippen LogP contribution is 2.10. The minimum atomic E-state index is -0.0735. The summed E-state index contributed by atoms with van der Waals surface area (Å²) in [4.78, 5) is 13.8. The number of nitriles is 1. The van der Waals surface area contributed by atoms with Crippen molar-refractivity contribution in [1.29, 1.82) is 5.26 Å². The number of carbonyl (C=O) groups excluding carboxylic acids is 1. The molecule has 0 spiro atoms. The predicted octanol–water partition coefficient (Wildman–Crippen LogP) is 1.86. The van der Waals surface area contributed by atoms with E-state index >= 15 is 0 Å². The molecule has 0 aliphatic carbocycles. The molecule has 5 heteroatoms. The molecule has 1 amide bonds. The van der Waals surface area contributed by atoms with Crippen molar-refractivity contribution in [3.63, 3.8) is 0 Å². The molecule has 1 aromatic heterocycles. The number of hydrogen-bond acceptors (Lipinski definition) is 3. The highest BCUT2D eigenvalue weighted by atomic mass is 16.2. The van der Waals surface area contributed by atoms with Crippen molar-refractivity contribution in [3.8, 4) is 6.07 Å². The van der Waals surface area contributed by atoms with Crippen LogP contribution in [0.25, 0.3) is 0 Å². The van der Waals surface area contributed by atoms with Crippen LogP contribution in [0.2, 0.25) is 0 Å². The highest BCUT2D eigenvalue weighted by Gasteiger charge is 2.15. The fourth-order valence-corrected chi connectivity index (χ4v) is 1.80. The van der Waals surface area contributed by atoms with Gasteiger partial charge < -0.3 is 4.90 Å². The molecule has 2 aromatic rings. The van der Waals surface area contributed by atoms with Gasteiger partial charge in [-0.15, -0.1) is 0 Å². The maximum absolute atomic E-state index is 12.2. The number of hydrogen-bond donors (Lipinski definition) is 1. The molecule has 19 heavy (non-hydrogen) atoms. The molecule has 96 valence electrons. The van der Waals surface area contributed by atoms with Gasteiger partial charge in [-0.3, -0.25) is 9.89 Å². The number of rotatable bonds is 3. The van der Waals surface area contributed by atoms with E-state index in [1.54, 1.807) is 24.1 Å². The summed E-state index contributed by atoms with van der Waals surface area (Å²) < 4.78 is 0. The Bertz CT molecular complexity index is 622. The van der Waals surface area contributed by atoms with Crippen LogP contribution in [0.15, 0.2) is 30.5 Å². The van der Waals surface area contributed by atoms with Crippen molar-refractivity contribution >= 4 is 5.91 Å². The number of benzene rings is 1. The lowest BCUT2D eigenvalue weighted by molar-refractivity contribution is 0.0784. The molecule has 5 nitrogen and oxygen atoms in total. The van der Waals surface area contributed by atoms with Crippen molar-refractivity contribution in [2.45, 2.75) is 13.5 Å². The normalized spacial score (nSPS) is 9.95. The Hall–Kier alpha value is -2.61. The van der Waals surface area contributed by atoms with Gasteiger partial charge in [0.15, 0.2) is 0 Å². The smallest absolute Gasteiger partial charge is 0.257 e. The van der Waals surface area contributed by atoms with Gasteiger partial charge in [0, 0.05) is 19.3 Å². The minimum Gasteiger partial charge on any atom is -0.337 e. The van der Waals surface area contributed by atoms with E-state index in [1.807, 2.05) is 19.1 Å². The third-order valence-corrected chi connectivity index (χ3v) is 2.91. The van der Waals surface area contributed by atoms with Crippen LogP contribution >= 0.6 is 0 Å². The van der Waals surface area contributed by atoms with Crippen molar-refractivity contribution in [1.82, 2.24) is 15.1 Å². The van der Waals surface area contributed by atoms with E-state index in [1.165, 1.54) is 6.20 Å². The molecule has 0 bridgehead atoms. The predicted molar refractivity (Wildman–Crippen MR) is 70.3 cm³/mol. The number of aryl methyl sites for hydroxylation is 1. The maximum Gasteiger partial charge on any atom is 0.257 e. The molecule has 1 aromatic carbocycles. The number of H-pyrrole nitrogens is 1. The van der Waals surface area contributed by atoms with Crippen molar-refractivity contribution in [2.75, 3.05) is 7.05 Å². The monoisotopic (exact) mass is 254 g/mol. The summed E-state index contributed by atoms with van der Waals surface area (Å²) in [6.07, 6.45) is 1.53. The number of aromatic amines is 1. The van der Waals surface area contributed by atoms with E-state index < -0.39 is 0 Å². The first-order valence-corrected chi connectivity index (χ1v) is 5.86. The topological polar surface area (TPSA) is 72.8 Å². The Labute approximate surface area is 111 Å². The largest absolute Gasteiger partial charge is 0.337 e. The van der Waals surface area contributed by atoms with Crippen molar-refractivity contribution in [2.24, 2.45) is 0 Å². The Morgan fingerprint density at radius 2 is 2.11 bits per heavy atom. The second-order valence-corrected chi connectivity index (χ2v) is 4.38. The van der Waals surface area contributed by atoms with E-state index in [-0.39, 0.29) is 5.91 Å². The van der Waals surface area contributed by atoms with Crippen LogP contribution in [-0.4, -0.2) is 28.1 Å². The first kappa shape index (κ1) is 12.8. The molecule has 0 saturated heterocycles. The Balaban J connectivity index is 2.08. The first-order valence-electron chi connectivity index (χ1n) is 5.86. The average Bonchev–Trinajstić information content (AvgIpc) is 2.85. The van der Waals surface area contributed by atoms with Gasteiger partial charge in [-0.05, 0) is 24.6 Å². The van der Waals surface area contributed by atoms with Crippen LogP contribution in [-0.2, 0) is 6.54 Å². The van der Waals surface area contributed by atoms with Gasteiger partial charge >= 0.3 is 0 Å². The maximum atomic E-state index is 12.2. The number of amides is 1. The van der Waals surface area contributed by atoms with Gasteiger partial charge in [0.25, 0.3) is 5.91 Å². The van der Waals surface area contributed by atoms with Gasteiger partial charge in [-0.25, -0.2) is 0 Å². The zero-order valence-electron chi connectivity index (χ0n) is 10.8. The molecule has 1 heterocycles. The third-order valence-electron chi connectivity index (χ3n) is 2.91. The highest BCUT2D eigenvalue weighted by molar-refractivity contribution is 5.94. The van der Waals surface area contributed by atoms with Crippen molar-refractivity contribution in [3.05, 3.63) is 52.8 Å². The zero-order chi connectivity index (χ0) is 13.8. The summed E-state index contributed by atoms with van der Waals surface area (Å²) in [7, 11) is 1.74. The van der Waals surface area contributed by atoms with E-state index in [4.69, 9.17) is 5.26 Å². The summed E-state index contributed by atoms with van der Waals surface area (Å²) in [5.41, 5.74) is 2.94. The third kappa shape index (κ3) is 2.80. The molecule has 0 aliphatic rings. The van der Waals surface area contributed by atoms with E-state index in [0.29, 0.717) is 17.7 Å². The molecule has 1 N–H and O–H groups in total. The first-order chi connectivity index (χ1) is 9.11. The second kappa shape index (κ2) is 5.36. The SMILES string of the molecule is Cc1[nH]ncc1C(=O)N(C)Cc1ccc(C#N)cc1. The van der Waals surface area contributed by atoms with Gasteiger partial charge in [0.05, 0.1) is 23.4 Å². The molecular weight excluding hydrogens is 240 g/mol. The summed E-state index contributed by atoms with van der Waals surface area (Å²) in [6.45, 7) is 2.31. The van der Waals surface area contributed by atoms with E-state index in [2.05, 4.69) is 16.3 Å². The van der Waals surface area contributed by atoms with Crippen LogP contribution < -0.4 is 0 Å². The standard InChI is InChI=1S/C14H14N4O/c1-10-13(8-16-17-10)14(19)18(2)9-12-5-3-11(7-15)4-6-12/h3-6,8H,9H2,1-2H3,(H,16,17). The molecule has 0 saturated carbocycles. The summed E-state index contributed by atoms with van der Waals surface area (Å²) in [5.74, 6) is -0.0735. The van der Waals surface area contributed by atoms with Crippen molar-refractivity contribution < 1.29 is 4.79 Å². The number of carbonyl (C=O) groups is 1. The lowest BCUT2D eigenvalue weighted by atomic mass is 10.1. The van der Waals surface area contributed by atoms with E-state index in [0.717, 1.165) is 11.3 Å². The molecule has 0 atom stereocenters. The van der Waals surface area contributed by atoms with Gasteiger partial charge in [0.2, 0.25) is 0 Å². The minimum absolute atomic E-state index is 0.0735. The lowest BCUT2D eigenvalue weighted by Gasteiger charge is -2.16. The van der Waals surface area contributed by atoms with Crippen LogP contribution in [0.3, 0.4) is 0 Å². The molecule has 0 aliphatic heterocycles. The summed E-state index contributed by atoms with van der Waals surface area (Å²) >= 11 is 0. The number of nitrogens with one attached hydrogen (secondary N) is 1. The average molecular weight is 254 g/mol. The molecular formula is C14H14N4O. The quantitative estimate of drug-likeness (QED) is 0.908. The summed E-state index contributed by atoms with van der Waals surface area (Å²) in [6, 6.07) is 9.26.